The standard InChI is InChI=1S/C35H61N13O10.C2HF3O2/c1-17(2)10-23(46-32(55)25(12-21-13-39-16-42-21)47-33(56)26(15-49)48-28(51)19(5)36)30(53)41-14-27(50)44-24(11-18(3)4)31(54)43-20(6)29(52)45-22(34(57)58)8-7-9-40-35(37)38;3-2(4,5)1(6)7/h13,16-20,22-26,49H,7-12,14-15,36H2,1-6H3,(H,39,42)(H,41,53)(H,43,54)(H,44,50)(H,45,52)(H,46,55)(H,47,56)(H,48,51)(H,57,58)(H4,37,38,40);(H,6,7)/t19-,20-,22-,23-,24-,25-,26-;/m0./s1. The molecule has 17 N–H and O–H groups in total. The molecule has 0 spiro atoms. The van der Waals surface area contributed by atoms with Gasteiger partial charge in [0.05, 0.1) is 25.5 Å². The summed E-state index contributed by atoms with van der Waals surface area (Å²) in [4.78, 5) is 122. The number of carboxylic acids is 2. The molecule has 0 aliphatic carbocycles. The van der Waals surface area contributed by atoms with Gasteiger partial charge in [-0.2, -0.15) is 13.2 Å². The zero-order chi connectivity index (χ0) is 50.2. The van der Waals surface area contributed by atoms with Crippen LogP contribution in [0.1, 0.15) is 72.9 Å². The molecule has 0 radical (unpaired) electrons. The Bertz CT molecular complexity index is 1780. The van der Waals surface area contributed by atoms with Gasteiger partial charge in [-0.1, -0.05) is 27.7 Å². The van der Waals surface area contributed by atoms with E-state index in [1.807, 2.05) is 0 Å². The van der Waals surface area contributed by atoms with Gasteiger partial charge in [0, 0.05) is 24.9 Å². The molecule has 28 heteroatoms. The number of carbonyl (C=O) groups excluding carboxylic acids is 7. The van der Waals surface area contributed by atoms with Crippen molar-refractivity contribution in [3.8, 4) is 0 Å². The number of nitrogens with one attached hydrogen (secondary N) is 8. The molecule has 7 atom stereocenters. The van der Waals surface area contributed by atoms with Crippen LogP contribution in [0, 0.1) is 11.8 Å². The number of aliphatic hydroxyl groups is 1. The smallest absolute Gasteiger partial charge is 0.480 e. The second-order valence-electron chi connectivity index (χ2n) is 15.4. The van der Waals surface area contributed by atoms with Gasteiger partial charge in [0.25, 0.3) is 0 Å². The summed E-state index contributed by atoms with van der Waals surface area (Å²) in [6.07, 6.45) is -1.89. The molecule has 0 fully saturated rings. The molecule has 0 saturated heterocycles. The number of alkyl halides is 3. The number of aliphatic hydroxyl groups excluding tert-OH is 1. The Kier molecular flexibility index (Phi) is 26.0. The van der Waals surface area contributed by atoms with E-state index in [0.717, 1.165) is 0 Å². The zero-order valence-electron chi connectivity index (χ0n) is 36.8. The summed E-state index contributed by atoms with van der Waals surface area (Å²) in [6.45, 7) is 8.66. The summed E-state index contributed by atoms with van der Waals surface area (Å²) in [5, 5.41) is 43.6. The van der Waals surface area contributed by atoms with E-state index in [1.165, 1.54) is 26.4 Å². The predicted molar refractivity (Wildman–Crippen MR) is 223 cm³/mol. The molecule has 0 bridgehead atoms. The van der Waals surface area contributed by atoms with Crippen LogP contribution < -0.4 is 54.4 Å². The maximum Gasteiger partial charge on any atom is 0.490 e. The van der Waals surface area contributed by atoms with Gasteiger partial charge in [0.2, 0.25) is 41.4 Å². The van der Waals surface area contributed by atoms with E-state index in [9.17, 15) is 61.7 Å². The number of aromatic amines is 1. The van der Waals surface area contributed by atoms with Crippen molar-refractivity contribution < 1.29 is 71.6 Å². The first kappa shape index (κ1) is 58.4. The SMILES string of the molecule is CC(C)C[C@H](NC(=O)CNC(=O)[C@H](CC(C)C)NC(=O)[C@H](Cc1cnc[nH]1)NC(=O)[C@H](CO)NC(=O)[C@H](C)N)C(=O)N[C@@H](C)C(=O)N[C@@H](CCCN=C(N)N)C(=O)O.O=C(O)C(F)(F)F. The Morgan fingerprint density at radius 2 is 1.22 bits per heavy atom. The van der Waals surface area contributed by atoms with Gasteiger partial charge in [0.1, 0.15) is 36.3 Å². The van der Waals surface area contributed by atoms with E-state index in [-0.39, 0.29) is 56.4 Å². The van der Waals surface area contributed by atoms with Crippen molar-refractivity contribution >= 4 is 59.2 Å². The lowest BCUT2D eigenvalue weighted by molar-refractivity contribution is -0.192. The first-order valence-corrected chi connectivity index (χ1v) is 20.1. The number of amides is 7. The van der Waals surface area contributed by atoms with Crippen molar-refractivity contribution in [2.75, 3.05) is 19.7 Å². The quantitative estimate of drug-likeness (QED) is 0.0241. The number of imidazole rings is 1. The number of nitrogens with two attached hydrogens (primary N) is 3. The summed E-state index contributed by atoms with van der Waals surface area (Å²) in [5.41, 5.74) is 16.5. The molecule has 0 saturated carbocycles. The number of carbonyl (C=O) groups is 9. The minimum atomic E-state index is -5.08. The molecular formula is C37H62F3N13O12. The lowest BCUT2D eigenvalue weighted by atomic mass is 10.0. The van der Waals surface area contributed by atoms with Gasteiger partial charge in [-0.25, -0.2) is 14.6 Å². The summed E-state index contributed by atoms with van der Waals surface area (Å²) < 4.78 is 31.7. The molecule has 1 rings (SSSR count). The number of carboxylic acid groups (broad SMARTS) is 2. The third-order valence-electron chi connectivity index (χ3n) is 8.52. The van der Waals surface area contributed by atoms with Gasteiger partial charge in [-0.3, -0.25) is 38.6 Å². The van der Waals surface area contributed by atoms with Crippen LogP contribution in [0.5, 0.6) is 0 Å². The first-order chi connectivity index (χ1) is 30.1. The van der Waals surface area contributed by atoms with Crippen LogP contribution in [0.3, 0.4) is 0 Å². The Balaban J connectivity index is 0.00000537. The fraction of sp³-hybridized carbons (Fsp3) is 0.649. The van der Waals surface area contributed by atoms with Gasteiger partial charge < -0.3 is 74.7 Å². The minimum absolute atomic E-state index is 0.0152. The summed E-state index contributed by atoms with van der Waals surface area (Å²) in [7, 11) is 0. The molecule has 7 amide bonds. The van der Waals surface area contributed by atoms with Crippen LogP contribution in [0.4, 0.5) is 13.2 Å². The van der Waals surface area contributed by atoms with Gasteiger partial charge >= 0.3 is 18.1 Å². The number of aromatic nitrogens is 2. The average molecular weight is 938 g/mol. The van der Waals surface area contributed by atoms with Crippen LogP contribution in [-0.4, -0.2) is 153 Å². The van der Waals surface area contributed by atoms with E-state index < -0.39 is 115 Å². The van der Waals surface area contributed by atoms with Gasteiger partial charge in [-0.05, 0) is 51.4 Å². The van der Waals surface area contributed by atoms with Gasteiger partial charge in [0.15, 0.2) is 5.96 Å². The second kappa shape index (κ2) is 29.0. The Morgan fingerprint density at radius 1 is 0.723 bits per heavy atom. The molecule has 65 heavy (non-hydrogen) atoms. The number of aliphatic carboxylic acids is 2. The lowest BCUT2D eigenvalue weighted by Crippen LogP contribution is -2.59. The summed E-state index contributed by atoms with van der Waals surface area (Å²) >= 11 is 0. The van der Waals surface area contributed by atoms with Crippen molar-refractivity contribution in [3.63, 3.8) is 0 Å². The molecule has 368 valence electrons. The summed E-state index contributed by atoms with van der Waals surface area (Å²) in [6, 6.07) is -8.54. The van der Waals surface area contributed by atoms with E-state index in [2.05, 4.69) is 52.2 Å². The number of guanidine groups is 1. The monoisotopic (exact) mass is 937 g/mol. The molecule has 1 aromatic rings. The maximum absolute atomic E-state index is 13.6. The number of hydrogen-bond donors (Lipinski definition) is 14. The first-order valence-electron chi connectivity index (χ1n) is 20.1. The molecule has 0 aromatic carbocycles. The van der Waals surface area contributed by atoms with E-state index >= 15 is 0 Å². The fourth-order valence-corrected chi connectivity index (χ4v) is 5.25. The Labute approximate surface area is 371 Å². The molecule has 0 unspecified atom stereocenters. The molecule has 1 aromatic heterocycles. The zero-order valence-corrected chi connectivity index (χ0v) is 36.8. The number of hydrogen-bond acceptors (Lipinski definition) is 13. The van der Waals surface area contributed by atoms with Crippen molar-refractivity contribution in [2.45, 2.75) is 122 Å². The molecule has 1 heterocycles. The largest absolute Gasteiger partial charge is 0.490 e. The van der Waals surface area contributed by atoms with E-state index in [1.54, 1.807) is 27.7 Å². The number of H-pyrrole nitrogens is 1. The van der Waals surface area contributed by atoms with Crippen LogP contribution in [0.2, 0.25) is 0 Å². The second-order valence-corrected chi connectivity index (χ2v) is 15.4. The van der Waals surface area contributed by atoms with Gasteiger partial charge in [-0.15, -0.1) is 0 Å². The predicted octanol–water partition coefficient (Wildman–Crippen LogP) is -3.80. The van der Waals surface area contributed by atoms with Crippen LogP contribution >= 0.6 is 0 Å². The topological polar surface area (TPSA) is 418 Å². The molecule has 0 aliphatic heterocycles. The Hall–Kier alpha value is -6.58. The Morgan fingerprint density at radius 3 is 1.68 bits per heavy atom. The van der Waals surface area contributed by atoms with Crippen molar-refractivity contribution in [1.82, 2.24) is 47.2 Å². The van der Waals surface area contributed by atoms with Crippen LogP contribution in [-0.2, 0) is 49.6 Å². The highest BCUT2D eigenvalue weighted by Gasteiger charge is 2.38. The molecule has 25 nitrogen and oxygen atoms in total. The van der Waals surface area contributed by atoms with Crippen molar-refractivity contribution in [3.05, 3.63) is 18.2 Å². The van der Waals surface area contributed by atoms with Crippen molar-refractivity contribution in [1.29, 1.82) is 0 Å². The summed E-state index contributed by atoms with van der Waals surface area (Å²) in [5.74, 6) is -9.88. The van der Waals surface area contributed by atoms with Crippen molar-refractivity contribution in [2.24, 2.45) is 34.0 Å². The number of rotatable bonds is 26. The fourth-order valence-electron chi connectivity index (χ4n) is 5.25. The van der Waals surface area contributed by atoms with E-state index in [0.29, 0.717) is 5.69 Å². The molecular weight excluding hydrogens is 875 g/mol. The highest BCUT2D eigenvalue weighted by Crippen LogP contribution is 2.13. The average Bonchev–Trinajstić information content (AvgIpc) is 3.71. The maximum atomic E-state index is 13.6. The number of halogens is 3. The highest BCUT2D eigenvalue weighted by atomic mass is 19.4. The third kappa shape index (κ3) is 24.7. The normalized spacial score (nSPS) is 14.3. The van der Waals surface area contributed by atoms with E-state index in [4.69, 9.17) is 27.1 Å². The number of aliphatic imine (C=N–C) groups is 1. The number of nitrogens with zero attached hydrogens (tertiary/aromatic N) is 2. The third-order valence-corrected chi connectivity index (χ3v) is 8.52. The lowest BCUT2D eigenvalue weighted by Gasteiger charge is -2.26. The molecule has 0 aliphatic rings. The minimum Gasteiger partial charge on any atom is -0.480 e. The van der Waals surface area contributed by atoms with Crippen LogP contribution in [0.15, 0.2) is 17.5 Å². The highest BCUT2D eigenvalue weighted by molar-refractivity contribution is 5.96. The van der Waals surface area contributed by atoms with Crippen LogP contribution in [0.25, 0.3) is 0 Å².